The second-order valence-electron chi connectivity index (χ2n) is 9.73. The van der Waals surface area contributed by atoms with Crippen LogP contribution in [0.5, 0.6) is 0 Å². The molecule has 0 amide bonds. The molecular weight excluding hydrogens is 386 g/mol. The van der Waals surface area contributed by atoms with Crippen molar-refractivity contribution in [2.75, 3.05) is 4.90 Å². The number of allylic oxidation sites excluding steroid dienone is 4. The summed E-state index contributed by atoms with van der Waals surface area (Å²) in [5.74, 6) is 0.445. The molecular formula is C31H25N. The lowest BCUT2D eigenvalue weighted by Crippen LogP contribution is -2.16. The summed E-state index contributed by atoms with van der Waals surface area (Å²) >= 11 is 0. The lowest BCUT2D eigenvalue weighted by molar-refractivity contribution is 0.661. The van der Waals surface area contributed by atoms with Crippen molar-refractivity contribution < 1.29 is 0 Å². The van der Waals surface area contributed by atoms with E-state index < -0.39 is 0 Å². The molecule has 0 bridgehead atoms. The Bertz CT molecular complexity index is 1480. The zero-order valence-corrected chi connectivity index (χ0v) is 18.5. The summed E-state index contributed by atoms with van der Waals surface area (Å²) in [4.78, 5) is 2.50. The van der Waals surface area contributed by atoms with Gasteiger partial charge in [0.05, 0.1) is 5.69 Å². The largest absolute Gasteiger partial charge is 0.313 e. The Labute approximate surface area is 189 Å². The van der Waals surface area contributed by atoms with E-state index in [4.69, 9.17) is 0 Å². The summed E-state index contributed by atoms with van der Waals surface area (Å²) in [6, 6.07) is 29.4. The van der Waals surface area contributed by atoms with Crippen LogP contribution in [0.3, 0.4) is 0 Å². The normalized spacial score (nSPS) is 19.4. The number of benzene rings is 4. The predicted molar refractivity (Wildman–Crippen MR) is 135 cm³/mol. The predicted octanol–water partition coefficient (Wildman–Crippen LogP) is 8.23. The van der Waals surface area contributed by atoms with E-state index in [0.29, 0.717) is 5.92 Å². The maximum absolute atomic E-state index is 2.50. The molecule has 1 nitrogen and oxygen atoms in total. The number of nitrogens with zero attached hydrogens (tertiary/aromatic N) is 1. The molecule has 1 unspecified atom stereocenters. The Kier molecular flexibility index (Phi) is 3.51. The highest BCUT2D eigenvalue weighted by molar-refractivity contribution is 6.08. The fourth-order valence-electron chi connectivity index (χ4n) is 6.27. The van der Waals surface area contributed by atoms with Crippen LogP contribution < -0.4 is 4.90 Å². The minimum absolute atomic E-state index is 0.0259. The molecule has 1 heterocycles. The topological polar surface area (TPSA) is 3.24 Å². The van der Waals surface area contributed by atoms with Gasteiger partial charge in [0.1, 0.15) is 0 Å². The van der Waals surface area contributed by atoms with E-state index in [1.165, 1.54) is 55.7 Å². The summed E-state index contributed by atoms with van der Waals surface area (Å²) in [6.45, 7) is 4.71. The van der Waals surface area contributed by atoms with E-state index in [2.05, 4.69) is 116 Å². The van der Waals surface area contributed by atoms with Gasteiger partial charge in [0.2, 0.25) is 0 Å². The first-order valence-corrected chi connectivity index (χ1v) is 11.6. The van der Waals surface area contributed by atoms with Crippen molar-refractivity contribution in [3.63, 3.8) is 0 Å². The first-order valence-electron chi connectivity index (χ1n) is 11.6. The second kappa shape index (κ2) is 6.23. The number of hydrogen-bond donors (Lipinski definition) is 0. The Balaban J connectivity index is 1.53. The fourth-order valence-corrected chi connectivity index (χ4v) is 6.27. The molecule has 0 fully saturated rings. The molecule has 4 aromatic rings. The van der Waals surface area contributed by atoms with Gasteiger partial charge in [-0.05, 0) is 57.8 Å². The third-order valence-electron chi connectivity index (χ3n) is 7.77. The molecule has 0 spiro atoms. The van der Waals surface area contributed by atoms with E-state index >= 15 is 0 Å². The standard InChI is InChI=1S/C31H25N/c1-31(2)25-14-6-3-12-24(25)30-23-13-9-17-29(22(23)18-19-26(30)31)32-27-15-7-4-10-20(27)21-11-5-8-16-28(21)32/h3-10,12-19,21H,11H2,1-2H3. The minimum atomic E-state index is 0.0259. The van der Waals surface area contributed by atoms with Gasteiger partial charge in [0.25, 0.3) is 0 Å². The smallest absolute Gasteiger partial charge is 0.0537 e. The van der Waals surface area contributed by atoms with Crippen molar-refractivity contribution in [1.29, 1.82) is 0 Å². The van der Waals surface area contributed by atoms with Gasteiger partial charge in [-0.3, -0.25) is 0 Å². The highest BCUT2D eigenvalue weighted by Gasteiger charge is 2.38. The van der Waals surface area contributed by atoms with Gasteiger partial charge in [0, 0.05) is 28.1 Å². The zero-order chi connectivity index (χ0) is 21.4. The quantitative estimate of drug-likeness (QED) is 0.305. The van der Waals surface area contributed by atoms with E-state index in [0.717, 1.165) is 6.42 Å². The van der Waals surface area contributed by atoms with E-state index in [1.807, 2.05) is 0 Å². The zero-order valence-electron chi connectivity index (χ0n) is 18.5. The molecule has 32 heavy (non-hydrogen) atoms. The minimum Gasteiger partial charge on any atom is -0.313 e. The van der Waals surface area contributed by atoms with Crippen LogP contribution in [0.15, 0.2) is 103 Å². The number of rotatable bonds is 1. The Morgan fingerprint density at radius 1 is 0.750 bits per heavy atom. The highest BCUT2D eigenvalue weighted by Crippen LogP contribution is 2.55. The molecule has 154 valence electrons. The van der Waals surface area contributed by atoms with Crippen molar-refractivity contribution in [3.05, 3.63) is 119 Å². The van der Waals surface area contributed by atoms with E-state index in [-0.39, 0.29) is 5.41 Å². The molecule has 1 atom stereocenters. The molecule has 0 radical (unpaired) electrons. The van der Waals surface area contributed by atoms with Crippen molar-refractivity contribution in [1.82, 2.24) is 0 Å². The first kappa shape index (κ1) is 18.0. The lowest BCUT2D eigenvalue weighted by Gasteiger charge is -2.27. The monoisotopic (exact) mass is 411 g/mol. The third-order valence-corrected chi connectivity index (χ3v) is 7.77. The van der Waals surface area contributed by atoms with Crippen LogP contribution in [0.2, 0.25) is 0 Å². The number of fused-ring (bicyclic) bond motifs is 8. The summed E-state index contributed by atoms with van der Waals surface area (Å²) in [5.41, 5.74) is 11.1. The number of hydrogen-bond acceptors (Lipinski definition) is 1. The van der Waals surface area contributed by atoms with Gasteiger partial charge in [-0.1, -0.05) is 92.7 Å². The molecule has 0 N–H and O–H groups in total. The van der Waals surface area contributed by atoms with Gasteiger partial charge < -0.3 is 4.90 Å². The van der Waals surface area contributed by atoms with Crippen molar-refractivity contribution in [2.45, 2.75) is 31.6 Å². The van der Waals surface area contributed by atoms with Crippen LogP contribution in [0.25, 0.3) is 21.9 Å². The average Bonchev–Trinajstić information content (AvgIpc) is 3.29. The Morgan fingerprint density at radius 3 is 2.50 bits per heavy atom. The van der Waals surface area contributed by atoms with E-state index in [9.17, 15) is 0 Å². The maximum Gasteiger partial charge on any atom is 0.0537 e. The van der Waals surface area contributed by atoms with Gasteiger partial charge in [0.15, 0.2) is 0 Å². The number of para-hydroxylation sites is 1. The van der Waals surface area contributed by atoms with Gasteiger partial charge in [-0.2, -0.15) is 0 Å². The molecule has 1 aliphatic heterocycles. The highest BCUT2D eigenvalue weighted by atomic mass is 15.2. The SMILES string of the molecule is CC1(C)c2ccccc2-c2c1ccc1c(N3C4=CC=CCC4c4ccccc43)cccc21. The molecule has 0 saturated carbocycles. The molecule has 2 aliphatic carbocycles. The summed E-state index contributed by atoms with van der Waals surface area (Å²) in [7, 11) is 0. The summed E-state index contributed by atoms with van der Waals surface area (Å²) in [6.07, 6.45) is 7.88. The van der Waals surface area contributed by atoms with Gasteiger partial charge >= 0.3 is 0 Å². The Hall–Kier alpha value is -3.58. The second-order valence-corrected chi connectivity index (χ2v) is 9.73. The van der Waals surface area contributed by atoms with Crippen LogP contribution in [-0.2, 0) is 5.41 Å². The van der Waals surface area contributed by atoms with Gasteiger partial charge in [-0.25, -0.2) is 0 Å². The van der Waals surface area contributed by atoms with E-state index in [1.54, 1.807) is 0 Å². The molecule has 0 aromatic heterocycles. The summed E-state index contributed by atoms with van der Waals surface area (Å²) < 4.78 is 0. The van der Waals surface area contributed by atoms with Gasteiger partial charge in [-0.15, -0.1) is 0 Å². The van der Waals surface area contributed by atoms with Crippen LogP contribution >= 0.6 is 0 Å². The average molecular weight is 412 g/mol. The third kappa shape index (κ3) is 2.18. The fraction of sp³-hybridized carbons (Fsp3) is 0.161. The molecule has 4 aromatic carbocycles. The number of anilines is 2. The molecule has 1 heteroatoms. The van der Waals surface area contributed by atoms with Crippen LogP contribution in [0.1, 0.15) is 42.9 Å². The molecule has 7 rings (SSSR count). The lowest BCUT2D eigenvalue weighted by atomic mass is 9.82. The van der Waals surface area contributed by atoms with Crippen LogP contribution in [0, 0.1) is 0 Å². The first-order chi connectivity index (χ1) is 15.7. The van der Waals surface area contributed by atoms with Crippen molar-refractivity contribution >= 4 is 22.1 Å². The molecule has 3 aliphatic rings. The summed E-state index contributed by atoms with van der Waals surface area (Å²) in [5, 5.41) is 2.68. The molecule has 0 saturated heterocycles. The maximum atomic E-state index is 2.50. The van der Waals surface area contributed by atoms with Crippen molar-refractivity contribution in [3.8, 4) is 11.1 Å². The van der Waals surface area contributed by atoms with Crippen LogP contribution in [0.4, 0.5) is 11.4 Å². The Morgan fingerprint density at radius 2 is 1.56 bits per heavy atom. The van der Waals surface area contributed by atoms with Crippen molar-refractivity contribution in [2.24, 2.45) is 0 Å². The van der Waals surface area contributed by atoms with Crippen LogP contribution in [-0.4, -0.2) is 0 Å².